The Morgan fingerprint density at radius 1 is 1.19 bits per heavy atom. The van der Waals surface area contributed by atoms with Crippen molar-refractivity contribution in [2.45, 2.75) is 48.8 Å². The van der Waals surface area contributed by atoms with Crippen LogP contribution in [0.2, 0.25) is 0 Å². The van der Waals surface area contributed by atoms with E-state index in [1.54, 1.807) is 0 Å². The maximum atomic E-state index is 12.9. The molecular weight excluding hydrogens is 420 g/mol. The molecule has 0 spiro atoms. The number of ether oxygens (including phenoxy) is 1. The quantitative estimate of drug-likeness (QED) is 0.259. The van der Waals surface area contributed by atoms with Gasteiger partial charge in [-0.1, -0.05) is 0 Å². The van der Waals surface area contributed by atoms with Gasteiger partial charge in [-0.15, -0.1) is 0 Å². The molecule has 14 heteroatoms. The Morgan fingerprint density at radius 2 is 1.84 bits per heavy atom. The Kier molecular flexibility index (Phi) is 6.31. The molecule has 3 rings (SSSR count). The van der Waals surface area contributed by atoms with Crippen LogP contribution in [0.5, 0.6) is 0 Å². The molecule has 2 aliphatic rings. The number of carbonyl (C=O) groups is 2. The van der Waals surface area contributed by atoms with E-state index in [0.29, 0.717) is 0 Å². The second kappa shape index (κ2) is 8.49. The lowest BCUT2D eigenvalue weighted by molar-refractivity contribution is -0.156. The number of carbonyl (C=O) groups excluding carboxylic acids is 1. The van der Waals surface area contributed by atoms with Crippen LogP contribution in [-0.2, 0) is 14.3 Å². The topological polar surface area (TPSA) is 206 Å². The molecule has 2 fully saturated rings. The number of aliphatic hydroxyl groups excluding tert-OH is 4. The fraction of sp³-hybridized carbons (Fsp3) is 0.647. The van der Waals surface area contributed by atoms with Gasteiger partial charge < -0.3 is 35.2 Å². The first-order valence-corrected chi connectivity index (χ1v) is 9.34. The van der Waals surface area contributed by atoms with Crippen molar-refractivity contribution in [1.82, 2.24) is 19.4 Å². The summed E-state index contributed by atoms with van der Waals surface area (Å²) in [5.74, 6) is -2.29. The van der Waals surface area contributed by atoms with Crippen molar-refractivity contribution in [3.05, 3.63) is 33.1 Å². The van der Waals surface area contributed by atoms with Crippen LogP contribution in [0.25, 0.3) is 0 Å². The van der Waals surface area contributed by atoms with Gasteiger partial charge in [-0.25, -0.2) is 9.59 Å². The van der Waals surface area contributed by atoms with Crippen molar-refractivity contribution >= 4 is 11.9 Å². The molecule has 14 nitrogen and oxygen atoms in total. The minimum Gasteiger partial charge on any atom is -0.480 e. The first kappa shape index (κ1) is 23.1. The highest BCUT2D eigenvalue weighted by Crippen LogP contribution is 2.32. The number of hydrogen-bond donors (Lipinski definition) is 6. The van der Waals surface area contributed by atoms with Gasteiger partial charge in [-0.05, 0) is 7.05 Å². The van der Waals surface area contributed by atoms with Gasteiger partial charge in [0.05, 0.1) is 6.10 Å². The van der Waals surface area contributed by atoms with E-state index in [2.05, 4.69) is 0 Å². The normalized spacial score (nSPS) is 35.7. The monoisotopic (exact) mass is 444 g/mol. The van der Waals surface area contributed by atoms with Gasteiger partial charge >= 0.3 is 11.7 Å². The van der Waals surface area contributed by atoms with Crippen molar-refractivity contribution in [1.29, 1.82) is 0 Å². The largest absolute Gasteiger partial charge is 0.480 e. The van der Waals surface area contributed by atoms with Gasteiger partial charge in [-0.3, -0.25) is 24.0 Å². The third kappa shape index (κ3) is 4.00. The predicted molar refractivity (Wildman–Crippen MR) is 99.9 cm³/mol. The molecule has 172 valence electrons. The molecule has 6 N–H and O–H groups in total. The fourth-order valence-corrected chi connectivity index (χ4v) is 4.04. The van der Waals surface area contributed by atoms with Gasteiger partial charge in [0.1, 0.15) is 30.5 Å². The SMILES string of the molecule is CN1CC(O)C(C(=O)O)N(C)C(=O)C1C(O)[C@H]1O[C@@H](n2ccc(=O)[nH]c2=O)[C@H](O)[C@@H]1O. The number of H-pyrrole nitrogens is 1. The fourth-order valence-electron chi connectivity index (χ4n) is 4.04. The van der Waals surface area contributed by atoms with Crippen molar-refractivity contribution in [3.63, 3.8) is 0 Å². The van der Waals surface area contributed by atoms with E-state index < -0.39 is 72.0 Å². The van der Waals surface area contributed by atoms with Crippen molar-refractivity contribution < 1.29 is 39.9 Å². The van der Waals surface area contributed by atoms with Crippen molar-refractivity contribution in [3.8, 4) is 0 Å². The average molecular weight is 444 g/mol. The number of aliphatic hydroxyl groups is 4. The van der Waals surface area contributed by atoms with E-state index in [-0.39, 0.29) is 6.54 Å². The van der Waals surface area contributed by atoms with E-state index in [1.165, 1.54) is 11.9 Å². The number of likely N-dealkylation sites (N-methyl/N-ethyl adjacent to an activating group) is 2. The minimum absolute atomic E-state index is 0.289. The maximum absolute atomic E-state index is 12.9. The van der Waals surface area contributed by atoms with Crippen molar-refractivity contribution in [2.75, 3.05) is 20.6 Å². The molecule has 2 aliphatic heterocycles. The number of carboxylic acid groups (broad SMARTS) is 1. The lowest BCUT2D eigenvalue weighted by Crippen LogP contribution is -2.57. The molecule has 8 atom stereocenters. The summed E-state index contributed by atoms with van der Waals surface area (Å²) in [6.07, 6.45) is -8.63. The Labute approximate surface area is 174 Å². The highest BCUT2D eigenvalue weighted by atomic mass is 16.6. The Morgan fingerprint density at radius 3 is 2.42 bits per heavy atom. The van der Waals surface area contributed by atoms with E-state index >= 15 is 0 Å². The molecule has 4 unspecified atom stereocenters. The van der Waals surface area contributed by atoms with Gasteiger partial charge in [0.2, 0.25) is 5.91 Å². The third-order valence-electron chi connectivity index (χ3n) is 5.65. The van der Waals surface area contributed by atoms with E-state index in [9.17, 15) is 44.7 Å². The summed E-state index contributed by atoms with van der Waals surface area (Å²) in [6.45, 7) is -0.289. The zero-order valence-electron chi connectivity index (χ0n) is 16.6. The van der Waals surface area contributed by atoms with Gasteiger partial charge in [0, 0.05) is 25.9 Å². The molecule has 0 radical (unpaired) electrons. The zero-order valence-corrected chi connectivity index (χ0v) is 16.6. The molecule has 1 amide bonds. The number of β-amino-alcohol motifs (C(OH)–C–C–N with tert-alkyl or cyclic N) is 1. The number of amides is 1. The number of aliphatic carboxylic acids is 1. The van der Waals surface area contributed by atoms with Crippen LogP contribution < -0.4 is 11.2 Å². The zero-order chi connectivity index (χ0) is 23.2. The molecule has 1 aromatic heterocycles. The number of rotatable bonds is 4. The van der Waals surface area contributed by atoms with Crippen LogP contribution in [0.1, 0.15) is 6.23 Å². The van der Waals surface area contributed by atoms with Crippen LogP contribution >= 0.6 is 0 Å². The molecule has 0 aliphatic carbocycles. The molecule has 2 saturated heterocycles. The predicted octanol–water partition coefficient (Wildman–Crippen LogP) is -4.90. The molecule has 0 aromatic carbocycles. The summed E-state index contributed by atoms with van der Waals surface area (Å²) < 4.78 is 6.31. The van der Waals surface area contributed by atoms with Crippen molar-refractivity contribution in [2.24, 2.45) is 0 Å². The highest BCUT2D eigenvalue weighted by Gasteiger charge is 2.53. The van der Waals surface area contributed by atoms with E-state index in [4.69, 9.17) is 4.74 Å². The van der Waals surface area contributed by atoms with Gasteiger partial charge in [-0.2, -0.15) is 0 Å². The molecule has 31 heavy (non-hydrogen) atoms. The number of hydrogen-bond acceptors (Lipinski definition) is 10. The Hall–Kier alpha value is -2.62. The summed E-state index contributed by atoms with van der Waals surface area (Å²) in [5.41, 5.74) is -1.61. The molecule has 1 aromatic rings. The minimum atomic E-state index is -1.77. The summed E-state index contributed by atoms with van der Waals surface area (Å²) in [5, 5.41) is 51.2. The van der Waals surface area contributed by atoms with Crippen LogP contribution in [-0.4, -0.2) is 120 Å². The first-order chi connectivity index (χ1) is 14.5. The summed E-state index contributed by atoms with van der Waals surface area (Å²) in [6, 6.07) is -1.99. The highest BCUT2D eigenvalue weighted by molar-refractivity contribution is 5.88. The average Bonchev–Trinajstić information content (AvgIpc) is 2.92. The van der Waals surface area contributed by atoms with Crippen LogP contribution in [0.3, 0.4) is 0 Å². The van der Waals surface area contributed by atoms with Crippen LogP contribution in [0.15, 0.2) is 21.9 Å². The number of nitrogens with one attached hydrogen (secondary N) is 1. The summed E-state index contributed by atoms with van der Waals surface area (Å²) in [4.78, 5) is 51.6. The third-order valence-corrected chi connectivity index (χ3v) is 5.65. The number of aromatic nitrogens is 2. The second-order valence-electron chi connectivity index (χ2n) is 7.66. The summed E-state index contributed by atoms with van der Waals surface area (Å²) >= 11 is 0. The molecule has 0 saturated carbocycles. The lowest BCUT2D eigenvalue weighted by atomic mass is 9.98. The number of nitrogens with zero attached hydrogens (tertiary/aromatic N) is 3. The Bertz CT molecular complexity index is 963. The molecule has 0 bridgehead atoms. The molecule has 3 heterocycles. The second-order valence-corrected chi connectivity index (χ2v) is 7.66. The maximum Gasteiger partial charge on any atom is 0.330 e. The standard InChI is InChI=1S/C17H24N4O10/c1-19-5-6(22)8(16(28)29)20(2)14(27)9(19)10(24)13-11(25)12(26)15(31-13)21-4-3-7(23)18-17(21)30/h3-4,6,8-13,15,22,24-26H,5H2,1-2H3,(H,28,29)(H,18,23,30)/t6?,8?,9?,10?,11-,12+,13+,15+/m0/s1. The first-order valence-electron chi connectivity index (χ1n) is 9.34. The summed E-state index contributed by atoms with van der Waals surface area (Å²) in [7, 11) is 2.53. The number of carboxylic acids is 1. The smallest absolute Gasteiger partial charge is 0.330 e. The lowest BCUT2D eigenvalue weighted by Gasteiger charge is -2.34. The molecular formula is C17H24N4O10. The van der Waals surface area contributed by atoms with Gasteiger partial charge in [0.15, 0.2) is 12.3 Å². The van der Waals surface area contributed by atoms with Crippen LogP contribution in [0.4, 0.5) is 0 Å². The van der Waals surface area contributed by atoms with Gasteiger partial charge in [0.25, 0.3) is 5.56 Å². The number of aromatic amines is 1. The van der Waals surface area contributed by atoms with Crippen LogP contribution in [0, 0.1) is 0 Å². The Balaban J connectivity index is 1.90. The van der Waals surface area contributed by atoms with E-state index in [0.717, 1.165) is 28.8 Å². The van der Waals surface area contributed by atoms with E-state index in [1.807, 2.05) is 4.98 Å².